The van der Waals surface area contributed by atoms with Gasteiger partial charge in [0.15, 0.2) is 11.6 Å². The monoisotopic (exact) mass is 345 g/mol. The Morgan fingerprint density at radius 3 is 2.64 bits per heavy atom. The van der Waals surface area contributed by atoms with Crippen molar-refractivity contribution in [3.8, 4) is 0 Å². The van der Waals surface area contributed by atoms with E-state index in [1.807, 2.05) is 11.8 Å². The van der Waals surface area contributed by atoms with Crippen molar-refractivity contribution in [2.75, 3.05) is 12.4 Å². The van der Waals surface area contributed by atoms with Gasteiger partial charge in [0.25, 0.3) is 0 Å². The summed E-state index contributed by atoms with van der Waals surface area (Å²) in [4.78, 5) is 29.7. The van der Waals surface area contributed by atoms with E-state index in [1.54, 1.807) is 13.0 Å². The van der Waals surface area contributed by atoms with Crippen LogP contribution in [0.2, 0.25) is 0 Å². The Bertz CT molecular complexity index is 442. The molecular weight excluding hydrogens is 322 g/mol. The number of halogens is 1. The van der Waals surface area contributed by atoms with Gasteiger partial charge in [0.1, 0.15) is 0 Å². The third-order valence-corrected chi connectivity index (χ3v) is 4.76. The molecule has 6 heteroatoms. The average Bonchev–Trinajstić information content (AvgIpc) is 2.43. The molecule has 0 amide bonds. The van der Waals surface area contributed by atoms with Gasteiger partial charge in [-0.3, -0.25) is 19.9 Å². The normalized spacial score (nSPS) is 20.5. The molecular formula is C16H24ClNO3S. The Hall–Kier alpha value is -0.780. The molecule has 1 aliphatic rings. The van der Waals surface area contributed by atoms with Crippen molar-refractivity contribution in [1.82, 2.24) is 5.48 Å². The van der Waals surface area contributed by atoms with Crippen LogP contribution >= 0.6 is 23.4 Å². The molecule has 0 bridgehead atoms. The molecule has 4 nitrogen and oxygen atoms in total. The summed E-state index contributed by atoms with van der Waals surface area (Å²) < 4.78 is 0. The lowest BCUT2D eigenvalue weighted by molar-refractivity contribution is -0.125. The molecule has 22 heavy (non-hydrogen) atoms. The number of carbonyl (C=O) groups excluding carboxylic acids is 2. The average molecular weight is 346 g/mol. The predicted molar refractivity (Wildman–Crippen MR) is 91.7 cm³/mol. The number of allylic oxidation sites excluding steroid dienone is 2. The second-order valence-electron chi connectivity index (χ2n) is 5.40. The van der Waals surface area contributed by atoms with Crippen LogP contribution in [-0.4, -0.2) is 29.2 Å². The molecule has 1 atom stereocenters. The van der Waals surface area contributed by atoms with E-state index < -0.39 is 0 Å². The molecule has 0 aromatic carbocycles. The van der Waals surface area contributed by atoms with E-state index in [1.165, 1.54) is 5.54 Å². The van der Waals surface area contributed by atoms with E-state index in [2.05, 4.69) is 19.3 Å². The van der Waals surface area contributed by atoms with Crippen molar-refractivity contribution < 1.29 is 14.4 Å². The highest BCUT2D eigenvalue weighted by Crippen LogP contribution is 2.30. The molecule has 0 heterocycles. The highest BCUT2D eigenvalue weighted by atomic mass is 35.5. The van der Waals surface area contributed by atoms with Gasteiger partial charge in [0, 0.05) is 29.3 Å². The number of thioether (sulfide) groups is 1. The van der Waals surface area contributed by atoms with Crippen LogP contribution in [0, 0.1) is 5.92 Å². The zero-order valence-corrected chi connectivity index (χ0v) is 14.9. The summed E-state index contributed by atoms with van der Waals surface area (Å²) >= 11 is 7.25. The van der Waals surface area contributed by atoms with Crippen molar-refractivity contribution in [2.45, 2.75) is 45.3 Å². The van der Waals surface area contributed by atoms with Crippen LogP contribution in [0.1, 0.15) is 40.0 Å². The summed E-state index contributed by atoms with van der Waals surface area (Å²) in [6.45, 7) is 6.23. The molecule has 0 spiro atoms. The third-order valence-electron chi connectivity index (χ3n) is 3.49. The molecule has 124 valence electrons. The fourth-order valence-electron chi connectivity index (χ4n) is 2.65. The van der Waals surface area contributed by atoms with Gasteiger partial charge in [-0.2, -0.15) is 11.8 Å². The van der Waals surface area contributed by atoms with Crippen LogP contribution < -0.4 is 5.48 Å². The largest absolute Gasteiger partial charge is 0.294 e. The van der Waals surface area contributed by atoms with Crippen LogP contribution in [0.15, 0.2) is 22.9 Å². The molecule has 1 saturated carbocycles. The van der Waals surface area contributed by atoms with E-state index in [4.69, 9.17) is 16.4 Å². The summed E-state index contributed by atoms with van der Waals surface area (Å²) in [5.74, 6) is 1.04. The standard InChI is InChI=1S/C16H24ClNO3S/c1-4-22-11(2)8-13-9-14(19)16(15(20)10-13)12(3)18-21-7-5-6-17/h5-6,11,13,18H,4,7-10H2,1-3H3. The number of nitrogens with one attached hydrogen (secondary N) is 1. The quantitative estimate of drug-likeness (QED) is 0.315. The molecule has 0 radical (unpaired) electrons. The van der Waals surface area contributed by atoms with Gasteiger partial charge in [-0.05, 0) is 31.1 Å². The van der Waals surface area contributed by atoms with E-state index in [0.717, 1.165) is 12.2 Å². The van der Waals surface area contributed by atoms with Gasteiger partial charge in [-0.15, -0.1) is 0 Å². The van der Waals surface area contributed by atoms with Crippen molar-refractivity contribution in [2.24, 2.45) is 5.92 Å². The highest BCUT2D eigenvalue weighted by Gasteiger charge is 2.32. The van der Waals surface area contributed by atoms with E-state index in [-0.39, 0.29) is 29.7 Å². The first-order chi connectivity index (χ1) is 10.5. The summed E-state index contributed by atoms with van der Waals surface area (Å²) in [6, 6.07) is 0. The topological polar surface area (TPSA) is 55.4 Å². The fourth-order valence-corrected chi connectivity index (χ4v) is 3.70. The number of Topliss-reactive ketones (excluding diaryl/α,β-unsaturated/α-hetero) is 2. The maximum Gasteiger partial charge on any atom is 0.168 e. The molecule has 1 N–H and O–H groups in total. The predicted octanol–water partition coefficient (Wildman–Crippen LogP) is 3.61. The first-order valence-electron chi connectivity index (χ1n) is 7.51. The number of hydrogen-bond acceptors (Lipinski definition) is 5. The highest BCUT2D eigenvalue weighted by molar-refractivity contribution is 7.99. The molecule has 0 aliphatic heterocycles. The number of hydroxylamine groups is 1. The maximum absolute atomic E-state index is 12.3. The van der Waals surface area contributed by atoms with Crippen LogP contribution in [0.4, 0.5) is 0 Å². The molecule has 0 saturated heterocycles. The molecule has 1 rings (SSSR count). The van der Waals surface area contributed by atoms with Gasteiger partial charge < -0.3 is 0 Å². The van der Waals surface area contributed by atoms with Gasteiger partial charge in [-0.1, -0.05) is 25.4 Å². The number of hydrogen-bond donors (Lipinski definition) is 1. The summed E-state index contributed by atoms with van der Waals surface area (Å²) in [7, 11) is 0. The Morgan fingerprint density at radius 1 is 1.45 bits per heavy atom. The smallest absolute Gasteiger partial charge is 0.168 e. The van der Waals surface area contributed by atoms with Crippen LogP contribution in [0.3, 0.4) is 0 Å². The SMILES string of the molecule is CCSC(C)CC1CC(=O)C(=C(C)NOCC=CCl)C(=O)C1. The molecule has 1 aliphatic carbocycles. The Morgan fingerprint density at radius 2 is 2.09 bits per heavy atom. The van der Waals surface area contributed by atoms with Gasteiger partial charge in [0.05, 0.1) is 12.2 Å². The minimum atomic E-state index is -0.0866. The van der Waals surface area contributed by atoms with Crippen LogP contribution in [-0.2, 0) is 14.4 Å². The molecule has 0 aromatic heterocycles. The van der Waals surface area contributed by atoms with E-state index >= 15 is 0 Å². The lowest BCUT2D eigenvalue weighted by Gasteiger charge is -2.25. The maximum atomic E-state index is 12.3. The van der Waals surface area contributed by atoms with E-state index in [9.17, 15) is 9.59 Å². The Kier molecular flexibility index (Phi) is 8.83. The number of carbonyl (C=O) groups is 2. The van der Waals surface area contributed by atoms with Crippen LogP contribution in [0.25, 0.3) is 0 Å². The van der Waals surface area contributed by atoms with Crippen molar-refractivity contribution in [3.05, 3.63) is 22.9 Å². The summed E-state index contributed by atoms with van der Waals surface area (Å²) in [5, 5.41) is 0.478. The van der Waals surface area contributed by atoms with Crippen LogP contribution in [0.5, 0.6) is 0 Å². The number of rotatable bonds is 8. The zero-order valence-electron chi connectivity index (χ0n) is 13.4. The van der Waals surface area contributed by atoms with Crippen molar-refractivity contribution >= 4 is 34.9 Å². The van der Waals surface area contributed by atoms with Crippen molar-refractivity contribution in [3.63, 3.8) is 0 Å². The fraction of sp³-hybridized carbons (Fsp3) is 0.625. The second kappa shape index (κ2) is 10.1. The first-order valence-corrected chi connectivity index (χ1v) is 8.99. The first kappa shape index (κ1) is 19.3. The Balaban J connectivity index is 2.62. The van der Waals surface area contributed by atoms with Crippen molar-refractivity contribution in [1.29, 1.82) is 0 Å². The summed E-state index contributed by atoms with van der Waals surface area (Å²) in [5.41, 5.74) is 4.73. The van der Waals surface area contributed by atoms with Gasteiger partial charge >= 0.3 is 0 Å². The third kappa shape index (κ3) is 6.15. The van der Waals surface area contributed by atoms with E-state index in [0.29, 0.717) is 23.8 Å². The molecule has 1 fully saturated rings. The Labute approximate surface area is 141 Å². The zero-order chi connectivity index (χ0) is 16.5. The molecule has 0 aromatic rings. The summed E-state index contributed by atoms with van der Waals surface area (Å²) in [6.07, 6.45) is 3.40. The van der Waals surface area contributed by atoms with Gasteiger partial charge in [0.2, 0.25) is 0 Å². The minimum Gasteiger partial charge on any atom is -0.294 e. The number of ketones is 2. The lowest BCUT2D eigenvalue weighted by atomic mass is 9.81. The minimum absolute atomic E-state index is 0.0866. The van der Waals surface area contributed by atoms with Gasteiger partial charge in [-0.25, -0.2) is 0 Å². The molecule has 1 unspecified atom stereocenters. The lowest BCUT2D eigenvalue weighted by Crippen LogP contribution is -2.30. The second-order valence-corrected chi connectivity index (χ2v) is 7.36.